The third-order valence-corrected chi connectivity index (χ3v) is 3.88. The number of carbonyl (C=O) groups excluding carboxylic acids is 2. The van der Waals surface area contributed by atoms with Crippen LogP contribution in [0.2, 0.25) is 0 Å². The fraction of sp³-hybridized carbons (Fsp3) is 0.278. The van der Waals surface area contributed by atoms with Crippen molar-refractivity contribution in [1.82, 2.24) is 4.98 Å². The van der Waals surface area contributed by atoms with Gasteiger partial charge in [-0.15, -0.1) is 24.8 Å². The van der Waals surface area contributed by atoms with Gasteiger partial charge in [0.1, 0.15) is 5.82 Å². The maximum Gasteiger partial charge on any atom is 0.228 e. The van der Waals surface area contributed by atoms with Crippen molar-refractivity contribution in [2.24, 2.45) is 11.7 Å². The SMILES string of the molecule is Cl.Cl.NC(CC(=O)Nc1ccc(NC(=O)C2CC2)nc1)c1ccccc1. The van der Waals surface area contributed by atoms with Crippen LogP contribution in [0, 0.1) is 5.92 Å². The Morgan fingerprint density at radius 3 is 2.35 bits per heavy atom. The van der Waals surface area contributed by atoms with Crippen LogP contribution in [0.1, 0.15) is 30.9 Å². The molecule has 1 heterocycles. The molecule has 2 aromatic rings. The molecule has 1 aromatic carbocycles. The highest BCUT2D eigenvalue weighted by molar-refractivity contribution is 5.94. The van der Waals surface area contributed by atoms with Crippen LogP contribution >= 0.6 is 24.8 Å². The zero-order valence-corrected chi connectivity index (χ0v) is 15.7. The summed E-state index contributed by atoms with van der Waals surface area (Å²) in [6.45, 7) is 0. The summed E-state index contributed by atoms with van der Waals surface area (Å²) in [6, 6.07) is 12.5. The lowest BCUT2D eigenvalue weighted by atomic mass is 10.0. The normalized spacial score (nSPS) is 13.6. The van der Waals surface area contributed by atoms with E-state index in [1.54, 1.807) is 12.1 Å². The van der Waals surface area contributed by atoms with Crippen molar-refractivity contribution < 1.29 is 9.59 Å². The largest absolute Gasteiger partial charge is 0.325 e. The van der Waals surface area contributed by atoms with Crippen molar-refractivity contribution >= 4 is 48.1 Å². The smallest absolute Gasteiger partial charge is 0.228 e. The first kappa shape index (κ1) is 21.9. The highest BCUT2D eigenvalue weighted by atomic mass is 35.5. The van der Waals surface area contributed by atoms with Crippen LogP contribution in [0.4, 0.5) is 11.5 Å². The van der Waals surface area contributed by atoms with Gasteiger partial charge in [-0.3, -0.25) is 9.59 Å². The van der Waals surface area contributed by atoms with Gasteiger partial charge in [0.2, 0.25) is 11.8 Å². The third-order valence-electron chi connectivity index (χ3n) is 3.88. The number of hydrogen-bond acceptors (Lipinski definition) is 4. The first-order valence-corrected chi connectivity index (χ1v) is 7.99. The second kappa shape index (κ2) is 10.1. The van der Waals surface area contributed by atoms with E-state index in [1.165, 1.54) is 6.20 Å². The van der Waals surface area contributed by atoms with Crippen molar-refractivity contribution in [1.29, 1.82) is 0 Å². The van der Waals surface area contributed by atoms with Crippen LogP contribution < -0.4 is 16.4 Å². The molecule has 2 amide bonds. The van der Waals surface area contributed by atoms with E-state index in [0.717, 1.165) is 18.4 Å². The molecule has 8 heteroatoms. The Hall–Kier alpha value is -2.15. The highest BCUT2D eigenvalue weighted by Gasteiger charge is 2.29. The van der Waals surface area contributed by atoms with E-state index in [4.69, 9.17) is 5.73 Å². The molecule has 6 nitrogen and oxygen atoms in total. The standard InChI is InChI=1S/C18H20N4O2.2ClH/c19-15(12-4-2-1-3-5-12)10-17(23)21-14-8-9-16(20-11-14)22-18(24)13-6-7-13;;/h1-5,8-9,11,13,15H,6-7,10,19H2,(H,21,23)(H,20,22,24);2*1H. The number of anilines is 2. The van der Waals surface area contributed by atoms with Gasteiger partial charge in [0.25, 0.3) is 0 Å². The summed E-state index contributed by atoms with van der Waals surface area (Å²) in [4.78, 5) is 27.9. The molecule has 0 spiro atoms. The number of rotatable bonds is 6. The van der Waals surface area contributed by atoms with E-state index in [9.17, 15) is 9.59 Å². The van der Waals surface area contributed by atoms with E-state index in [0.29, 0.717) is 11.5 Å². The van der Waals surface area contributed by atoms with Gasteiger partial charge in [-0.25, -0.2) is 4.98 Å². The summed E-state index contributed by atoms with van der Waals surface area (Å²) in [5.41, 5.74) is 7.53. The molecule has 1 aromatic heterocycles. The fourth-order valence-electron chi connectivity index (χ4n) is 2.35. The minimum absolute atomic E-state index is 0. The van der Waals surface area contributed by atoms with Crippen molar-refractivity contribution in [3.05, 3.63) is 54.2 Å². The van der Waals surface area contributed by atoms with Crippen molar-refractivity contribution in [2.75, 3.05) is 10.6 Å². The summed E-state index contributed by atoms with van der Waals surface area (Å²) in [7, 11) is 0. The van der Waals surface area contributed by atoms with Gasteiger partial charge in [-0.2, -0.15) is 0 Å². The average Bonchev–Trinajstić information content (AvgIpc) is 3.42. The minimum atomic E-state index is -0.351. The van der Waals surface area contributed by atoms with Crippen LogP contribution in [0.3, 0.4) is 0 Å². The number of hydrogen-bond donors (Lipinski definition) is 3. The molecule has 1 aliphatic carbocycles. The number of amides is 2. The van der Waals surface area contributed by atoms with Crippen molar-refractivity contribution in [3.63, 3.8) is 0 Å². The molecule has 0 bridgehead atoms. The lowest BCUT2D eigenvalue weighted by Crippen LogP contribution is -2.20. The molecular formula is C18H22Cl2N4O2. The van der Waals surface area contributed by atoms with Crippen LogP contribution in [0.5, 0.6) is 0 Å². The molecular weight excluding hydrogens is 375 g/mol. The van der Waals surface area contributed by atoms with Crippen LogP contribution in [-0.4, -0.2) is 16.8 Å². The zero-order valence-electron chi connectivity index (χ0n) is 14.1. The summed E-state index contributed by atoms with van der Waals surface area (Å²) in [5, 5.41) is 5.52. The zero-order chi connectivity index (χ0) is 16.9. The monoisotopic (exact) mass is 396 g/mol. The lowest BCUT2D eigenvalue weighted by Gasteiger charge is -2.12. The van der Waals surface area contributed by atoms with Crippen LogP contribution in [-0.2, 0) is 9.59 Å². The summed E-state index contributed by atoms with van der Waals surface area (Å²) >= 11 is 0. The molecule has 0 aliphatic heterocycles. The molecule has 1 fully saturated rings. The summed E-state index contributed by atoms with van der Waals surface area (Å²) in [6.07, 6.45) is 3.60. The van der Waals surface area contributed by atoms with Gasteiger partial charge in [0.15, 0.2) is 0 Å². The van der Waals surface area contributed by atoms with Gasteiger partial charge < -0.3 is 16.4 Å². The molecule has 4 N–H and O–H groups in total. The van der Waals surface area contributed by atoms with E-state index < -0.39 is 0 Å². The van der Waals surface area contributed by atoms with Crippen molar-refractivity contribution in [3.8, 4) is 0 Å². The van der Waals surface area contributed by atoms with E-state index in [2.05, 4.69) is 15.6 Å². The number of halogens is 2. The molecule has 1 atom stereocenters. The highest BCUT2D eigenvalue weighted by Crippen LogP contribution is 2.30. The predicted octanol–water partition coefficient (Wildman–Crippen LogP) is 3.30. The summed E-state index contributed by atoms with van der Waals surface area (Å²) < 4.78 is 0. The number of pyridine rings is 1. The molecule has 26 heavy (non-hydrogen) atoms. The molecule has 3 rings (SSSR count). The van der Waals surface area contributed by atoms with Gasteiger partial charge in [0, 0.05) is 18.4 Å². The van der Waals surface area contributed by atoms with Gasteiger partial charge in [-0.1, -0.05) is 30.3 Å². The number of nitrogens with zero attached hydrogens (tertiary/aromatic N) is 1. The Balaban J connectivity index is 0.00000169. The van der Waals surface area contributed by atoms with E-state index >= 15 is 0 Å². The molecule has 1 aliphatic rings. The first-order valence-electron chi connectivity index (χ1n) is 7.99. The Morgan fingerprint density at radius 2 is 1.77 bits per heavy atom. The lowest BCUT2D eigenvalue weighted by molar-refractivity contribution is -0.117. The van der Waals surface area contributed by atoms with E-state index in [1.807, 2.05) is 30.3 Å². The number of nitrogens with one attached hydrogen (secondary N) is 2. The second-order valence-corrected chi connectivity index (χ2v) is 5.97. The van der Waals surface area contributed by atoms with Gasteiger partial charge >= 0.3 is 0 Å². The maximum absolute atomic E-state index is 12.1. The topological polar surface area (TPSA) is 97.1 Å². The molecule has 1 unspecified atom stereocenters. The number of nitrogens with two attached hydrogens (primary N) is 1. The Bertz CT molecular complexity index is 722. The third kappa shape index (κ3) is 6.29. The second-order valence-electron chi connectivity index (χ2n) is 5.97. The molecule has 0 radical (unpaired) electrons. The van der Waals surface area contributed by atoms with Crippen LogP contribution in [0.25, 0.3) is 0 Å². The van der Waals surface area contributed by atoms with Crippen molar-refractivity contribution in [2.45, 2.75) is 25.3 Å². The molecule has 140 valence electrons. The fourth-order valence-corrected chi connectivity index (χ4v) is 2.35. The van der Waals surface area contributed by atoms with Crippen LogP contribution in [0.15, 0.2) is 48.7 Å². The van der Waals surface area contributed by atoms with Gasteiger partial charge in [0.05, 0.1) is 11.9 Å². The predicted molar refractivity (Wildman–Crippen MR) is 107 cm³/mol. The quantitative estimate of drug-likeness (QED) is 0.697. The number of carbonyl (C=O) groups is 2. The Labute approximate surface area is 164 Å². The molecule has 1 saturated carbocycles. The number of benzene rings is 1. The first-order chi connectivity index (χ1) is 11.6. The maximum atomic E-state index is 12.1. The number of aromatic nitrogens is 1. The average molecular weight is 397 g/mol. The minimum Gasteiger partial charge on any atom is -0.325 e. The molecule has 0 saturated heterocycles. The summed E-state index contributed by atoms with van der Waals surface area (Å²) in [5.74, 6) is 0.451. The van der Waals surface area contributed by atoms with E-state index in [-0.39, 0.29) is 55.0 Å². The van der Waals surface area contributed by atoms with Gasteiger partial charge in [-0.05, 0) is 30.5 Å². The Kier molecular flexibility index (Phi) is 8.51. The Morgan fingerprint density at radius 1 is 1.08 bits per heavy atom.